The summed E-state index contributed by atoms with van der Waals surface area (Å²) in [5.74, 6) is 0. The van der Waals surface area contributed by atoms with Gasteiger partial charge in [0.1, 0.15) is 4.47 Å². The molecule has 0 saturated heterocycles. The Balaban J connectivity index is 3.52. The Morgan fingerprint density at radius 3 is 2.75 bits per heavy atom. The van der Waals surface area contributed by atoms with Crippen LogP contribution in [0.4, 0.5) is 0 Å². The second kappa shape index (κ2) is 3.62. The highest BCUT2D eigenvalue weighted by atomic mass is 79.9. The van der Waals surface area contributed by atoms with Crippen molar-refractivity contribution in [3.05, 3.63) is 31.6 Å². The zero-order valence-electron chi connectivity index (χ0n) is 6.90. The van der Waals surface area contributed by atoms with Crippen LogP contribution in [0.15, 0.2) is 15.3 Å². The molecule has 0 fully saturated rings. The Morgan fingerprint density at radius 1 is 1.67 bits per heavy atom. The van der Waals surface area contributed by atoms with Crippen LogP contribution in [0.2, 0.25) is 5.02 Å². The quantitative estimate of drug-likeness (QED) is 0.751. The molecule has 1 rings (SSSR count). The van der Waals surface area contributed by atoms with Gasteiger partial charge in [0.2, 0.25) is 0 Å². The third-order valence-corrected chi connectivity index (χ3v) is 3.01. The van der Waals surface area contributed by atoms with Crippen LogP contribution in [-0.2, 0) is 6.54 Å². The van der Waals surface area contributed by atoms with E-state index in [9.17, 15) is 4.79 Å². The van der Waals surface area contributed by atoms with Gasteiger partial charge in [0.25, 0.3) is 5.56 Å². The third-order valence-electron chi connectivity index (χ3n) is 1.72. The molecule has 0 aliphatic carbocycles. The van der Waals surface area contributed by atoms with E-state index in [0.717, 1.165) is 5.69 Å². The van der Waals surface area contributed by atoms with E-state index >= 15 is 0 Å². The van der Waals surface area contributed by atoms with Crippen molar-refractivity contribution in [2.75, 3.05) is 0 Å². The first-order chi connectivity index (χ1) is 5.57. The molecule has 66 valence electrons. The van der Waals surface area contributed by atoms with E-state index in [1.54, 1.807) is 10.6 Å². The Morgan fingerprint density at radius 2 is 2.25 bits per heavy atom. The zero-order valence-corrected chi connectivity index (χ0v) is 9.24. The number of hydrogen-bond acceptors (Lipinski definition) is 1. The molecule has 12 heavy (non-hydrogen) atoms. The van der Waals surface area contributed by atoms with Crippen LogP contribution in [0.5, 0.6) is 0 Å². The lowest BCUT2D eigenvalue weighted by Gasteiger charge is -2.07. The molecule has 0 N–H and O–H groups in total. The Labute approximate surface area is 84.3 Å². The van der Waals surface area contributed by atoms with E-state index in [4.69, 9.17) is 11.6 Å². The van der Waals surface area contributed by atoms with E-state index < -0.39 is 0 Å². The van der Waals surface area contributed by atoms with Crippen LogP contribution in [-0.4, -0.2) is 4.57 Å². The topological polar surface area (TPSA) is 22.0 Å². The maximum atomic E-state index is 11.5. The lowest BCUT2D eigenvalue weighted by Crippen LogP contribution is -2.21. The summed E-state index contributed by atoms with van der Waals surface area (Å²) in [6, 6.07) is 1.77. The highest BCUT2D eigenvalue weighted by Crippen LogP contribution is 2.18. The average Bonchev–Trinajstić information content (AvgIpc) is 2.01. The van der Waals surface area contributed by atoms with Crippen molar-refractivity contribution in [2.24, 2.45) is 0 Å². The molecule has 1 aromatic rings. The summed E-state index contributed by atoms with van der Waals surface area (Å²) in [6.45, 7) is 4.46. The molecule has 0 radical (unpaired) electrons. The van der Waals surface area contributed by atoms with Crippen molar-refractivity contribution in [1.82, 2.24) is 4.57 Å². The van der Waals surface area contributed by atoms with Crippen LogP contribution in [0.3, 0.4) is 0 Å². The maximum absolute atomic E-state index is 11.5. The van der Waals surface area contributed by atoms with Crippen molar-refractivity contribution in [3.63, 3.8) is 0 Å². The summed E-state index contributed by atoms with van der Waals surface area (Å²) >= 11 is 8.93. The van der Waals surface area contributed by atoms with Gasteiger partial charge in [0, 0.05) is 12.2 Å². The fourth-order valence-electron chi connectivity index (χ4n) is 1.10. The van der Waals surface area contributed by atoms with Crippen molar-refractivity contribution in [1.29, 1.82) is 0 Å². The molecule has 0 aliphatic rings. The third kappa shape index (κ3) is 1.57. The smallest absolute Gasteiger partial charge is 0.266 e. The van der Waals surface area contributed by atoms with Crippen LogP contribution >= 0.6 is 27.5 Å². The van der Waals surface area contributed by atoms with Gasteiger partial charge in [0.15, 0.2) is 0 Å². The molecule has 2 nitrogen and oxygen atoms in total. The Hall–Kier alpha value is -0.280. The van der Waals surface area contributed by atoms with E-state index in [0.29, 0.717) is 16.0 Å². The van der Waals surface area contributed by atoms with Gasteiger partial charge in [-0.2, -0.15) is 0 Å². The number of pyridine rings is 1. The number of nitrogens with zero attached hydrogens (tertiary/aromatic N) is 1. The predicted octanol–water partition coefficient (Wildman–Crippen LogP) is 2.59. The lowest BCUT2D eigenvalue weighted by atomic mass is 10.3. The molecule has 0 unspecified atom stereocenters. The molecule has 0 atom stereocenters. The normalized spacial score (nSPS) is 10.3. The number of aryl methyl sites for hydroxylation is 1. The Kier molecular flexibility index (Phi) is 2.96. The molecule has 0 spiro atoms. The fraction of sp³-hybridized carbons (Fsp3) is 0.375. The molecule has 1 heterocycles. The van der Waals surface area contributed by atoms with Crippen molar-refractivity contribution >= 4 is 27.5 Å². The first-order valence-corrected chi connectivity index (χ1v) is 4.80. The molecule has 4 heteroatoms. The molecular weight excluding hydrogens is 241 g/mol. The fourth-order valence-corrected chi connectivity index (χ4v) is 1.67. The summed E-state index contributed by atoms with van der Waals surface area (Å²) in [5.41, 5.74) is 0.818. The van der Waals surface area contributed by atoms with Gasteiger partial charge in [-0.05, 0) is 35.8 Å². The number of aromatic nitrogens is 1. The van der Waals surface area contributed by atoms with E-state index in [1.165, 1.54) is 0 Å². The highest BCUT2D eigenvalue weighted by molar-refractivity contribution is 9.10. The summed E-state index contributed by atoms with van der Waals surface area (Å²) in [5, 5.41) is 0.474. The minimum Gasteiger partial charge on any atom is -0.312 e. The van der Waals surface area contributed by atoms with Crippen LogP contribution in [0.1, 0.15) is 12.6 Å². The minimum absolute atomic E-state index is 0.0671. The molecule has 0 saturated carbocycles. The van der Waals surface area contributed by atoms with Gasteiger partial charge in [-0.25, -0.2) is 0 Å². The number of halogens is 2. The number of hydrogen-bond donors (Lipinski definition) is 0. The highest BCUT2D eigenvalue weighted by Gasteiger charge is 2.06. The second-order valence-electron chi connectivity index (χ2n) is 2.50. The minimum atomic E-state index is -0.0671. The van der Waals surface area contributed by atoms with E-state index in [1.807, 2.05) is 13.8 Å². The van der Waals surface area contributed by atoms with Crippen LogP contribution in [0.25, 0.3) is 0 Å². The first kappa shape index (κ1) is 9.81. The lowest BCUT2D eigenvalue weighted by molar-refractivity contribution is 0.697. The molecular formula is C8H9BrClNO. The van der Waals surface area contributed by atoms with Crippen LogP contribution in [0, 0.1) is 6.92 Å². The summed E-state index contributed by atoms with van der Waals surface area (Å²) < 4.78 is 2.10. The van der Waals surface area contributed by atoms with E-state index in [2.05, 4.69) is 15.9 Å². The molecule has 0 amide bonds. The Bertz CT molecular complexity index is 359. The molecule has 1 aromatic heterocycles. The number of rotatable bonds is 1. The second-order valence-corrected chi connectivity index (χ2v) is 3.70. The predicted molar refractivity (Wildman–Crippen MR) is 53.8 cm³/mol. The average molecular weight is 251 g/mol. The molecule has 0 aromatic carbocycles. The van der Waals surface area contributed by atoms with Crippen molar-refractivity contribution in [3.8, 4) is 0 Å². The monoisotopic (exact) mass is 249 g/mol. The van der Waals surface area contributed by atoms with Gasteiger partial charge < -0.3 is 4.57 Å². The molecule has 0 aliphatic heterocycles. The summed E-state index contributed by atoms with van der Waals surface area (Å²) in [4.78, 5) is 11.5. The molecule has 0 bridgehead atoms. The standard InChI is InChI=1S/C8H9BrClNO/c1-3-11-5(2)4-6(10)7(9)8(11)12/h4H,3H2,1-2H3. The van der Waals surface area contributed by atoms with Gasteiger partial charge in [0.05, 0.1) is 5.02 Å². The van der Waals surface area contributed by atoms with Crippen molar-refractivity contribution in [2.45, 2.75) is 20.4 Å². The van der Waals surface area contributed by atoms with Gasteiger partial charge in [-0.15, -0.1) is 0 Å². The van der Waals surface area contributed by atoms with Crippen molar-refractivity contribution < 1.29 is 0 Å². The van der Waals surface area contributed by atoms with E-state index in [-0.39, 0.29) is 5.56 Å². The van der Waals surface area contributed by atoms with Gasteiger partial charge >= 0.3 is 0 Å². The first-order valence-electron chi connectivity index (χ1n) is 3.63. The summed E-state index contributed by atoms with van der Waals surface area (Å²) in [6.07, 6.45) is 0. The largest absolute Gasteiger partial charge is 0.312 e. The maximum Gasteiger partial charge on any atom is 0.266 e. The zero-order chi connectivity index (χ0) is 9.30. The van der Waals surface area contributed by atoms with Gasteiger partial charge in [-0.1, -0.05) is 11.6 Å². The SMILES string of the molecule is CCn1c(C)cc(Cl)c(Br)c1=O. The van der Waals surface area contributed by atoms with Crippen LogP contribution < -0.4 is 5.56 Å². The summed E-state index contributed by atoms with van der Waals surface area (Å²) in [7, 11) is 0. The van der Waals surface area contributed by atoms with Gasteiger partial charge in [-0.3, -0.25) is 4.79 Å².